The quantitative estimate of drug-likeness (QED) is 0.536. The first-order valence-electron chi connectivity index (χ1n) is 7.35. The van der Waals surface area contributed by atoms with Crippen molar-refractivity contribution in [1.29, 1.82) is 0 Å². The summed E-state index contributed by atoms with van der Waals surface area (Å²) in [6, 6.07) is 13.7. The fraction of sp³-hybridized carbons (Fsp3) is 0.167. The van der Waals surface area contributed by atoms with Crippen molar-refractivity contribution < 1.29 is 4.79 Å². The van der Waals surface area contributed by atoms with E-state index in [9.17, 15) is 4.79 Å². The highest BCUT2D eigenvalue weighted by molar-refractivity contribution is 7.21. The van der Waals surface area contributed by atoms with E-state index in [1.54, 1.807) is 6.07 Å². The Hall–Kier alpha value is -1.55. The van der Waals surface area contributed by atoms with Crippen LogP contribution in [-0.2, 0) is 6.42 Å². The Labute approximate surface area is 148 Å². The molecule has 0 fully saturated rings. The van der Waals surface area contributed by atoms with Crippen molar-refractivity contribution in [3.05, 3.63) is 63.0 Å². The zero-order valence-corrected chi connectivity index (χ0v) is 14.7. The van der Waals surface area contributed by atoms with Crippen LogP contribution in [0.15, 0.2) is 42.5 Å². The van der Waals surface area contributed by atoms with Gasteiger partial charge in [-0.05, 0) is 37.1 Å². The standard InChI is InChI=1S/C18H13Cl2NOS/c1-10-8-11-4-2-3-5-14(11)21(10)18(22)17-16(20)13-7-6-12(19)9-15(13)23-17/h2-7,9-10H,8H2,1H3/t10-/m0/s1. The van der Waals surface area contributed by atoms with Crippen molar-refractivity contribution in [2.45, 2.75) is 19.4 Å². The molecule has 0 spiro atoms. The van der Waals surface area contributed by atoms with Crippen molar-refractivity contribution in [2.24, 2.45) is 0 Å². The van der Waals surface area contributed by atoms with Crippen molar-refractivity contribution in [3.63, 3.8) is 0 Å². The number of hydrogen-bond donors (Lipinski definition) is 0. The zero-order valence-electron chi connectivity index (χ0n) is 12.3. The lowest BCUT2D eigenvalue weighted by molar-refractivity contribution is 0.0985. The second kappa shape index (κ2) is 5.52. The fourth-order valence-corrected chi connectivity index (χ4v) is 4.89. The molecule has 0 unspecified atom stereocenters. The predicted octanol–water partition coefficient (Wildman–Crippen LogP) is 5.80. The van der Waals surface area contributed by atoms with Crippen LogP contribution in [0.4, 0.5) is 5.69 Å². The Morgan fingerprint density at radius 3 is 2.83 bits per heavy atom. The van der Waals surface area contributed by atoms with Gasteiger partial charge in [-0.15, -0.1) is 11.3 Å². The summed E-state index contributed by atoms with van der Waals surface area (Å²) < 4.78 is 0.936. The topological polar surface area (TPSA) is 20.3 Å². The van der Waals surface area contributed by atoms with Crippen molar-refractivity contribution in [2.75, 3.05) is 4.90 Å². The van der Waals surface area contributed by atoms with Crippen LogP contribution in [0.2, 0.25) is 10.0 Å². The molecule has 0 saturated heterocycles. The molecule has 2 nitrogen and oxygen atoms in total. The average molecular weight is 362 g/mol. The van der Waals surface area contributed by atoms with Gasteiger partial charge in [0.1, 0.15) is 4.88 Å². The number of anilines is 1. The number of benzene rings is 2. The third-order valence-corrected chi connectivity index (χ3v) is 6.09. The Morgan fingerprint density at radius 2 is 2.00 bits per heavy atom. The molecular formula is C18H13Cl2NOS. The predicted molar refractivity (Wildman–Crippen MR) is 98.3 cm³/mol. The van der Waals surface area contributed by atoms with Gasteiger partial charge >= 0.3 is 0 Å². The van der Waals surface area contributed by atoms with E-state index in [4.69, 9.17) is 23.2 Å². The minimum atomic E-state index is -0.0372. The second-order valence-electron chi connectivity index (χ2n) is 5.74. The smallest absolute Gasteiger partial charge is 0.270 e. The largest absolute Gasteiger partial charge is 0.304 e. The molecule has 116 valence electrons. The van der Waals surface area contributed by atoms with Crippen LogP contribution in [-0.4, -0.2) is 11.9 Å². The van der Waals surface area contributed by atoms with Gasteiger partial charge in [0.15, 0.2) is 0 Å². The molecule has 5 heteroatoms. The molecule has 0 bridgehead atoms. The molecule has 0 N–H and O–H groups in total. The molecule has 23 heavy (non-hydrogen) atoms. The maximum Gasteiger partial charge on any atom is 0.270 e. The first-order chi connectivity index (χ1) is 11.1. The van der Waals surface area contributed by atoms with E-state index in [0.717, 1.165) is 22.2 Å². The molecule has 1 atom stereocenters. The van der Waals surface area contributed by atoms with Gasteiger partial charge in [0.05, 0.1) is 5.02 Å². The normalized spacial score (nSPS) is 16.8. The average Bonchev–Trinajstić information content (AvgIpc) is 3.03. The lowest BCUT2D eigenvalue weighted by atomic mass is 10.1. The maximum atomic E-state index is 13.1. The number of para-hydroxylation sites is 1. The summed E-state index contributed by atoms with van der Waals surface area (Å²) in [5, 5.41) is 2.04. The van der Waals surface area contributed by atoms with E-state index >= 15 is 0 Å². The van der Waals surface area contributed by atoms with Gasteiger partial charge in [0.25, 0.3) is 5.91 Å². The first-order valence-corrected chi connectivity index (χ1v) is 8.92. The third-order valence-electron chi connectivity index (χ3n) is 4.21. The molecule has 0 aliphatic carbocycles. The number of carbonyl (C=O) groups excluding carboxylic acids is 1. The molecule has 2 heterocycles. The number of carbonyl (C=O) groups is 1. The number of halogens is 2. The highest BCUT2D eigenvalue weighted by atomic mass is 35.5. The van der Waals surface area contributed by atoms with Crippen LogP contribution in [0, 0.1) is 0 Å². The summed E-state index contributed by atoms with van der Waals surface area (Å²) in [5.41, 5.74) is 2.19. The number of hydrogen-bond acceptors (Lipinski definition) is 2. The number of amides is 1. The zero-order chi connectivity index (χ0) is 16.1. The van der Waals surface area contributed by atoms with Gasteiger partial charge in [0.2, 0.25) is 0 Å². The maximum absolute atomic E-state index is 13.1. The van der Waals surface area contributed by atoms with Crippen LogP contribution >= 0.6 is 34.5 Å². The SMILES string of the molecule is C[C@H]1Cc2ccccc2N1C(=O)c1sc2cc(Cl)ccc2c1Cl. The van der Waals surface area contributed by atoms with Gasteiger partial charge in [-0.25, -0.2) is 0 Å². The molecule has 1 amide bonds. The van der Waals surface area contributed by atoms with E-state index in [0.29, 0.717) is 14.9 Å². The monoisotopic (exact) mass is 361 g/mol. The minimum absolute atomic E-state index is 0.0372. The Morgan fingerprint density at radius 1 is 1.22 bits per heavy atom. The van der Waals surface area contributed by atoms with Crippen LogP contribution in [0.5, 0.6) is 0 Å². The van der Waals surface area contributed by atoms with Gasteiger partial charge in [0, 0.05) is 26.8 Å². The van der Waals surface area contributed by atoms with E-state index in [2.05, 4.69) is 13.0 Å². The van der Waals surface area contributed by atoms with Crippen LogP contribution in [0.3, 0.4) is 0 Å². The fourth-order valence-electron chi connectivity index (χ4n) is 3.16. The highest BCUT2D eigenvalue weighted by Gasteiger charge is 2.33. The lowest BCUT2D eigenvalue weighted by Crippen LogP contribution is -2.35. The van der Waals surface area contributed by atoms with Crippen LogP contribution in [0.1, 0.15) is 22.2 Å². The molecule has 1 aliphatic rings. The Kier molecular flexibility index (Phi) is 3.60. The molecule has 0 radical (unpaired) electrons. The van der Waals surface area contributed by atoms with Crippen molar-refractivity contribution in [3.8, 4) is 0 Å². The van der Waals surface area contributed by atoms with E-state index < -0.39 is 0 Å². The summed E-state index contributed by atoms with van der Waals surface area (Å²) in [5.74, 6) is -0.0372. The highest BCUT2D eigenvalue weighted by Crippen LogP contribution is 2.40. The van der Waals surface area contributed by atoms with Crippen LogP contribution < -0.4 is 4.90 Å². The lowest BCUT2D eigenvalue weighted by Gasteiger charge is -2.22. The van der Waals surface area contributed by atoms with E-state index in [1.165, 1.54) is 16.9 Å². The number of rotatable bonds is 1. The molecule has 1 aliphatic heterocycles. The summed E-state index contributed by atoms with van der Waals surface area (Å²) in [4.78, 5) is 15.5. The summed E-state index contributed by atoms with van der Waals surface area (Å²) in [6.07, 6.45) is 0.871. The number of fused-ring (bicyclic) bond motifs is 2. The van der Waals surface area contributed by atoms with Gasteiger partial charge in [-0.1, -0.05) is 47.5 Å². The van der Waals surface area contributed by atoms with Gasteiger partial charge in [-0.2, -0.15) is 0 Å². The van der Waals surface area contributed by atoms with E-state index in [-0.39, 0.29) is 11.9 Å². The molecule has 4 rings (SSSR count). The summed E-state index contributed by atoms with van der Waals surface area (Å²) in [6.45, 7) is 2.07. The third kappa shape index (κ3) is 2.35. The Balaban J connectivity index is 1.82. The summed E-state index contributed by atoms with van der Waals surface area (Å²) >= 11 is 13.9. The molecule has 0 saturated carbocycles. The molecule has 3 aromatic rings. The summed E-state index contributed by atoms with van der Waals surface area (Å²) in [7, 11) is 0. The van der Waals surface area contributed by atoms with E-state index in [1.807, 2.05) is 35.2 Å². The van der Waals surface area contributed by atoms with Crippen molar-refractivity contribution in [1.82, 2.24) is 0 Å². The van der Waals surface area contributed by atoms with Gasteiger partial charge < -0.3 is 4.90 Å². The van der Waals surface area contributed by atoms with Gasteiger partial charge in [-0.3, -0.25) is 4.79 Å². The molecular weight excluding hydrogens is 349 g/mol. The molecule has 2 aromatic carbocycles. The Bertz CT molecular complexity index is 934. The van der Waals surface area contributed by atoms with Crippen LogP contribution in [0.25, 0.3) is 10.1 Å². The first kappa shape index (κ1) is 15.0. The molecule has 1 aromatic heterocycles. The number of thiophene rings is 1. The van der Waals surface area contributed by atoms with Crippen molar-refractivity contribution >= 4 is 56.2 Å². The second-order valence-corrected chi connectivity index (χ2v) is 7.61. The minimum Gasteiger partial charge on any atom is -0.304 e. The number of nitrogens with zero attached hydrogens (tertiary/aromatic N) is 1.